The first kappa shape index (κ1) is 15.2. The third kappa shape index (κ3) is 3.65. The number of nitrogens with one attached hydrogen (secondary N) is 2. The highest BCUT2D eigenvalue weighted by Gasteiger charge is 2.33. The zero-order valence-corrected chi connectivity index (χ0v) is 12.2. The molecule has 1 aliphatic rings. The number of carbonyl (C=O) groups is 2. The highest BCUT2D eigenvalue weighted by atomic mass is 16.5. The van der Waals surface area contributed by atoms with Crippen molar-refractivity contribution in [1.82, 2.24) is 5.32 Å². The summed E-state index contributed by atoms with van der Waals surface area (Å²) in [7, 11) is 1.59. The lowest BCUT2D eigenvalue weighted by atomic mass is 10.0. The van der Waals surface area contributed by atoms with Crippen molar-refractivity contribution in [1.29, 1.82) is 0 Å². The van der Waals surface area contributed by atoms with E-state index in [1.165, 1.54) is 0 Å². The van der Waals surface area contributed by atoms with E-state index >= 15 is 0 Å². The Morgan fingerprint density at radius 1 is 1.33 bits per heavy atom. The van der Waals surface area contributed by atoms with Crippen LogP contribution in [0.2, 0.25) is 0 Å². The van der Waals surface area contributed by atoms with E-state index in [-0.39, 0.29) is 12.1 Å². The minimum Gasteiger partial charge on any atom is -0.496 e. The lowest BCUT2D eigenvalue weighted by Gasteiger charge is -2.18. The number of hydrogen-bond donors (Lipinski definition) is 3. The third-order valence-electron chi connectivity index (χ3n) is 3.80. The van der Waals surface area contributed by atoms with Crippen LogP contribution < -0.4 is 15.4 Å². The summed E-state index contributed by atoms with van der Waals surface area (Å²) < 4.78 is 5.16. The number of methoxy groups -OCH3 is 1. The van der Waals surface area contributed by atoms with E-state index in [1.807, 2.05) is 13.0 Å². The second-order valence-corrected chi connectivity index (χ2v) is 5.26. The molecule has 1 aliphatic carbocycles. The molecule has 0 aliphatic heterocycles. The number of aryl methyl sites for hydroxylation is 1. The van der Waals surface area contributed by atoms with Gasteiger partial charge in [-0.15, -0.1) is 0 Å². The van der Waals surface area contributed by atoms with E-state index in [0.29, 0.717) is 18.5 Å². The maximum absolute atomic E-state index is 12.0. The fourth-order valence-electron chi connectivity index (χ4n) is 2.72. The van der Waals surface area contributed by atoms with Crippen molar-refractivity contribution in [3.05, 3.63) is 23.8 Å². The number of urea groups is 1. The number of benzene rings is 1. The van der Waals surface area contributed by atoms with Gasteiger partial charge in [-0.3, -0.25) is 4.79 Å². The van der Waals surface area contributed by atoms with Gasteiger partial charge in [0.1, 0.15) is 5.75 Å². The Morgan fingerprint density at radius 3 is 2.71 bits per heavy atom. The van der Waals surface area contributed by atoms with Crippen LogP contribution in [0.5, 0.6) is 5.75 Å². The summed E-state index contributed by atoms with van der Waals surface area (Å²) in [4.78, 5) is 23.0. The van der Waals surface area contributed by atoms with Gasteiger partial charge in [-0.25, -0.2) is 4.79 Å². The second-order valence-electron chi connectivity index (χ2n) is 5.26. The average Bonchev–Trinajstić information content (AvgIpc) is 2.87. The molecule has 0 spiro atoms. The first-order valence-electron chi connectivity index (χ1n) is 6.96. The summed E-state index contributed by atoms with van der Waals surface area (Å²) in [6, 6.07) is 4.65. The zero-order chi connectivity index (χ0) is 15.4. The molecule has 2 rings (SSSR count). The lowest BCUT2D eigenvalue weighted by Crippen LogP contribution is -2.42. The fourth-order valence-corrected chi connectivity index (χ4v) is 2.72. The van der Waals surface area contributed by atoms with E-state index < -0.39 is 11.9 Å². The van der Waals surface area contributed by atoms with Crippen molar-refractivity contribution >= 4 is 17.7 Å². The van der Waals surface area contributed by atoms with E-state index in [1.54, 1.807) is 19.2 Å². The molecule has 0 heterocycles. The summed E-state index contributed by atoms with van der Waals surface area (Å²) in [6.07, 6.45) is 2.14. The van der Waals surface area contributed by atoms with Gasteiger partial charge in [-0.05, 0) is 43.5 Å². The quantitative estimate of drug-likeness (QED) is 0.795. The van der Waals surface area contributed by atoms with Crippen molar-refractivity contribution in [3.63, 3.8) is 0 Å². The molecule has 1 fully saturated rings. The molecular formula is C15H20N2O4. The van der Waals surface area contributed by atoms with Gasteiger partial charge in [0, 0.05) is 11.7 Å². The van der Waals surface area contributed by atoms with Crippen molar-refractivity contribution < 1.29 is 19.4 Å². The molecule has 6 heteroatoms. The number of anilines is 1. The van der Waals surface area contributed by atoms with E-state index in [4.69, 9.17) is 9.84 Å². The Bertz CT molecular complexity index is 544. The molecule has 21 heavy (non-hydrogen) atoms. The molecule has 114 valence electrons. The third-order valence-corrected chi connectivity index (χ3v) is 3.80. The van der Waals surface area contributed by atoms with Crippen LogP contribution in [0.4, 0.5) is 10.5 Å². The molecule has 1 aromatic carbocycles. The minimum absolute atomic E-state index is 0.304. The van der Waals surface area contributed by atoms with E-state index in [2.05, 4.69) is 10.6 Å². The zero-order valence-electron chi connectivity index (χ0n) is 12.2. The molecule has 0 radical (unpaired) electrons. The highest BCUT2D eigenvalue weighted by molar-refractivity contribution is 5.90. The Balaban J connectivity index is 1.95. The number of amides is 2. The molecule has 1 saturated carbocycles. The standard InChI is InChI=1S/C15H20N2O4/c1-9-8-10(6-7-13(9)21-2)16-15(20)17-12-5-3-4-11(12)14(18)19/h6-8,11-12H,3-5H2,1-2H3,(H,18,19)(H2,16,17,20). The second kappa shape index (κ2) is 6.47. The summed E-state index contributed by atoms with van der Waals surface area (Å²) in [6.45, 7) is 1.89. The van der Waals surface area contributed by atoms with Crippen molar-refractivity contribution in [2.45, 2.75) is 32.2 Å². The molecule has 3 N–H and O–H groups in total. The average molecular weight is 292 g/mol. The molecule has 0 aromatic heterocycles. The number of aliphatic carboxylic acids is 1. The Morgan fingerprint density at radius 2 is 2.10 bits per heavy atom. The van der Waals surface area contributed by atoms with Gasteiger partial charge in [0.2, 0.25) is 0 Å². The van der Waals surface area contributed by atoms with E-state index in [9.17, 15) is 9.59 Å². The van der Waals surface area contributed by atoms with Gasteiger partial charge >= 0.3 is 12.0 Å². The Kier molecular flexibility index (Phi) is 4.67. The largest absolute Gasteiger partial charge is 0.496 e. The van der Waals surface area contributed by atoms with Gasteiger partial charge in [0.25, 0.3) is 0 Å². The molecule has 0 bridgehead atoms. The van der Waals surface area contributed by atoms with Gasteiger partial charge in [-0.2, -0.15) is 0 Å². The lowest BCUT2D eigenvalue weighted by molar-refractivity contribution is -0.142. The summed E-state index contributed by atoms with van der Waals surface area (Å²) in [5, 5.41) is 14.6. The van der Waals surface area contributed by atoms with Gasteiger partial charge in [-0.1, -0.05) is 6.42 Å². The number of carboxylic acid groups (broad SMARTS) is 1. The SMILES string of the molecule is COc1ccc(NC(=O)NC2CCCC2C(=O)O)cc1C. The van der Waals surface area contributed by atoms with E-state index in [0.717, 1.165) is 17.7 Å². The van der Waals surface area contributed by atoms with Gasteiger partial charge < -0.3 is 20.5 Å². The first-order valence-corrected chi connectivity index (χ1v) is 6.96. The number of carbonyl (C=O) groups excluding carboxylic acids is 1. The fraction of sp³-hybridized carbons (Fsp3) is 0.467. The topological polar surface area (TPSA) is 87.7 Å². The number of carboxylic acids is 1. The van der Waals surface area contributed by atoms with Crippen molar-refractivity contribution in [3.8, 4) is 5.75 Å². The normalized spacial score (nSPS) is 20.9. The monoisotopic (exact) mass is 292 g/mol. The van der Waals surface area contributed by atoms with Gasteiger partial charge in [0.15, 0.2) is 0 Å². The van der Waals surface area contributed by atoms with Crippen molar-refractivity contribution in [2.24, 2.45) is 5.92 Å². The molecule has 1 aromatic rings. The molecule has 6 nitrogen and oxygen atoms in total. The van der Waals surface area contributed by atoms with Gasteiger partial charge in [0.05, 0.1) is 13.0 Å². The minimum atomic E-state index is -0.849. The summed E-state index contributed by atoms with van der Waals surface area (Å²) >= 11 is 0. The molecule has 2 unspecified atom stereocenters. The molecule has 0 saturated heterocycles. The van der Waals surface area contributed by atoms with Crippen LogP contribution >= 0.6 is 0 Å². The van der Waals surface area contributed by atoms with Crippen LogP contribution in [0, 0.1) is 12.8 Å². The maximum Gasteiger partial charge on any atom is 0.319 e. The smallest absolute Gasteiger partial charge is 0.319 e. The number of hydrogen-bond acceptors (Lipinski definition) is 3. The molecule has 2 amide bonds. The molecular weight excluding hydrogens is 272 g/mol. The highest BCUT2D eigenvalue weighted by Crippen LogP contribution is 2.26. The van der Waals surface area contributed by atoms with Crippen LogP contribution in [0.1, 0.15) is 24.8 Å². The van der Waals surface area contributed by atoms with Crippen LogP contribution in [0.3, 0.4) is 0 Å². The summed E-state index contributed by atoms with van der Waals surface area (Å²) in [5.41, 5.74) is 1.57. The van der Waals surface area contributed by atoms with Crippen LogP contribution in [-0.4, -0.2) is 30.3 Å². The van der Waals surface area contributed by atoms with Crippen LogP contribution in [0.15, 0.2) is 18.2 Å². The predicted octanol–water partition coefficient (Wildman–Crippen LogP) is 2.38. The number of ether oxygens (including phenoxy) is 1. The Hall–Kier alpha value is -2.24. The predicted molar refractivity (Wildman–Crippen MR) is 78.7 cm³/mol. The molecule has 2 atom stereocenters. The number of rotatable bonds is 4. The Labute approximate surface area is 123 Å². The maximum atomic E-state index is 12.0. The van der Waals surface area contributed by atoms with Crippen LogP contribution in [-0.2, 0) is 4.79 Å². The summed E-state index contributed by atoms with van der Waals surface area (Å²) in [5.74, 6) is -0.589. The van der Waals surface area contributed by atoms with Crippen LogP contribution in [0.25, 0.3) is 0 Å². The first-order chi connectivity index (χ1) is 10.0. The van der Waals surface area contributed by atoms with Crippen molar-refractivity contribution in [2.75, 3.05) is 12.4 Å².